The first-order valence-electron chi connectivity index (χ1n) is 9.50. The molecule has 5 heteroatoms. The fraction of sp³-hybridized carbons (Fsp3) is 0.409. The van der Waals surface area contributed by atoms with Gasteiger partial charge in [-0.05, 0) is 29.2 Å². The molecule has 0 bridgehead atoms. The number of carbonyl (C=O) groups is 1. The number of benzene rings is 2. The van der Waals surface area contributed by atoms with Crippen LogP contribution in [0.5, 0.6) is 0 Å². The Bertz CT molecular complexity index is 726. The van der Waals surface area contributed by atoms with Gasteiger partial charge in [0.05, 0.1) is 12.6 Å². The van der Waals surface area contributed by atoms with Crippen LogP contribution >= 0.6 is 11.6 Å². The van der Waals surface area contributed by atoms with Crippen LogP contribution in [-0.4, -0.2) is 48.7 Å². The Morgan fingerprint density at radius 2 is 1.56 bits per heavy atom. The summed E-state index contributed by atoms with van der Waals surface area (Å²) in [4.78, 5) is 16.5. The first-order chi connectivity index (χ1) is 13.0. The standard InChI is InChI=1S/C22H27ClN2O2/c1-17(2)16-27-22(26)25-14-12-24(13-15-25)21(18-6-4-3-5-7-18)19-8-10-20(23)11-9-19/h3-11,17,21H,12-16H2,1-2H3. The summed E-state index contributed by atoms with van der Waals surface area (Å²) in [5, 5.41) is 0.739. The zero-order valence-corrected chi connectivity index (χ0v) is 16.7. The number of piperazine rings is 1. The Morgan fingerprint density at radius 1 is 0.963 bits per heavy atom. The molecule has 1 saturated heterocycles. The third-order valence-corrected chi connectivity index (χ3v) is 5.03. The Labute approximate surface area is 166 Å². The smallest absolute Gasteiger partial charge is 0.409 e. The van der Waals surface area contributed by atoms with E-state index < -0.39 is 0 Å². The molecular weight excluding hydrogens is 360 g/mol. The first kappa shape index (κ1) is 19.7. The SMILES string of the molecule is CC(C)COC(=O)N1CCN(C(c2ccccc2)c2ccc(Cl)cc2)CC1. The lowest BCUT2D eigenvalue weighted by molar-refractivity contribution is 0.0624. The van der Waals surface area contributed by atoms with Crippen molar-refractivity contribution in [2.24, 2.45) is 5.92 Å². The van der Waals surface area contributed by atoms with Gasteiger partial charge < -0.3 is 9.64 Å². The van der Waals surface area contributed by atoms with Gasteiger partial charge in [0.2, 0.25) is 0 Å². The van der Waals surface area contributed by atoms with Gasteiger partial charge in [-0.15, -0.1) is 0 Å². The number of rotatable bonds is 5. The van der Waals surface area contributed by atoms with Crippen molar-refractivity contribution in [1.82, 2.24) is 9.80 Å². The highest BCUT2D eigenvalue weighted by molar-refractivity contribution is 6.30. The number of ether oxygens (including phenoxy) is 1. The van der Waals surface area contributed by atoms with Crippen molar-refractivity contribution in [2.45, 2.75) is 19.9 Å². The molecule has 1 unspecified atom stereocenters. The molecule has 1 amide bonds. The summed E-state index contributed by atoms with van der Waals surface area (Å²) in [6.07, 6.45) is -0.203. The zero-order chi connectivity index (χ0) is 19.2. The molecule has 1 aliphatic rings. The summed E-state index contributed by atoms with van der Waals surface area (Å²) < 4.78 is 5.37. The molecule has 0 saturated carbocycles. The van der Waals surface area contributed by atoms with Crippen LogP contribution in [0, 0.1) is 5.92 Å². The van der Waals surface area contributed by atoms with Crippen LogP contribution in [0.3, 0.4) is 0 Å². The van der Waals surface area contributed by atoms with Crippen molar-refractivity contribution in [2.75, 3.05) is 32.8 Å². The quantitative estimate of drug-likeness (QED) is 0.737. The molecule has 1 heterocycles. The first-order valence-corrected chi connectivity index (χ1v) is 9.88. The third kappa shape index (κ3) is 5.24. The van der Waals surface area contributed by atoms with Gasteiger partial charge >= 0.3 is 6.09 Å². The zero-order valence-electron chi connectivity index (χ0n) is 16.0. The Hall–Kier alpha value is -2.04. The van der Waals surface area contributed by atoms with Crippen molar-refractivity contribution in [3.05, 3.63) is 70.7 Å². The molecule has 0 aromatic heterocycles. The Morgan fingerprint density at radius 3 is 2.15 bits per heavy atom. The molecule has 2 aromatic carbocycles. The molecule has 4 nitrogen and oxygen atoms in total. The minimum Gasteiger partial charge on any atom is -0.449 e. The topological polar surface area (TPSA) is 32.8 Å². The minimum atomic E-state index is -0.203. The molecule has 0 spiro atoms. The van der Waals surface area contributed by atoms with Crippen LogP contribution in [0.15, 0.2) is 54.6 Å². The lowest BCUT2D eigenvalue weighted by Gasteiger charge is -2.39. The number of hydrogen-bond acceptors (Lipinski definition) is 3. The minimum absolute atomic E-state index is 0.150. The monoisotopic (exact) mass is 386 g/mol. The van der Waals surface area contributed by atoms with Gasteiger partial charge in [0.15, 0.2) is 0 Å². The highest BCUT2D eigenvalue weighted by atomic mass is 35.5. The summed E-state index contributed by atoms with van der Waals surface area (Å²) in [5.74, 6) is 0.350. The molecule has 0 radical (unpaired) electrons. The van der Waals surface area contributed by atoms with Gasteiger partial charge in [0.25, 0.3) is 0 Å². The number of nitrogens with zero attached hydrogens (tertiary/aromatic N) is 2. The summed E-state index contributed by atoms with van der Waals surface area (Å²) in [6, 6.07) is 18.7. The number of carbonyl (C=O) groups excluding carboxylic acids is 1. The summed E-state index contributed by atoms with van der Waals surface area (Å²) >= 11 is 6.08. The largest absolute Gasteiger partial charge is 0.449 e. The maximum absolute atomic E-state index is 12.2. The highest BCUT2D eigenvalue weighted by Gasteiger charge is 2.28. The summed E-state index contributed by atoms with van der Waals surface area (Å²) in [6.45, 7) is 7.51. The summed E-state index contributed by atoms with van der Waals surface area (Å²) in [7, 11) is 0. The molecule has 27 heavy (non-hydrogen) atoms. The van der Waals surface area contributed by atoms with E-state index in [1.807, 2.05) is 36.9 Å². The van der Waals surface area contributed by atoms with Crippen LogP contribution in [0.25, 0.3) is 0 Å². The van der Waals surface area contributed by atoms with Crippen molar-refractivity contribution < 1.29 is 9.53 Å². The van der Waals surface area contributed by atoms with E-state index in [1.54, 1.807) is 0 Å². The summed E-state index contributed by atoms with van der Waals surface area (Å²) in [5.41, 5.74) is 2.46. The van der Waals surface area contributed by atoms with E-state index in [1.165, 1.54) is 11.1 Å². The normalized spacial score (nSPS) is 16.4. The molecular formula is C22H27ClN2O2. The molecule has 1 aliphatic heterocycles. The van der Waals surface area contributed by atoms with Gasteiger partial charge in [0, 0.05) is 31.2 Å². The van der Waals surface area contributed by atoms with E-state index in [2.05, 4.69) is 41.3 Å². The van der Waals surface area contributed by atoms with E-state index >= 15 is 0 Å². The van der Waals surface area contributed by atoms with Crippen LogP contribution in [0.2, 0.25) is 5.02 Å². The molecule has 0 N–H and O–H groups in total. The van der Waals surface area contributed by atoms with Gasteiger partial charge in [-0.25, -0.2) is 4.79 Å². The number of hydrogen-bond donors (Lipinski definition) is 0. The van der Waals surface area contributed by atoms with Crippen LogP contribution < -0.4 is 0 Å². The van der Waals surface area contributed by atoms with E-state index in [0.29, 0.717) is 25.6 Å². The molecule has 0 aliphatic carbocycles. The van der Waals surface area contributed by atoms with Crippen molar-refractivity contribution in [3.63, 3.8) is 0 Å². The fourth-order valence-corrected chi connectivity index (χ4v) is 3.51. The van der Waals surface area contributed by atoms with Crippen molar-refractivity contribution in [1.29, 1.82) is 0 Å². The van der Waals surface area contributed by atoms with Gasteiger partial charge in [-0.1, -0.05) is 67.9 Å². The van der Waals surface area contributed by atoms with Gasteiger partial charge in [-0.2, -0.15) is 0 Å². The second-order valence-corrected chi connectivity index (χ2v) is 7.79. The van der Waals surface area contributed by atoms with E-state index in [0.717, 1.165) is 18.1 Å². The van der Waals surface area contributed by atoms with Crippen LogP contribution in [0.4, 0.5) is 4.79 Å². The average Bonchev–Trinajstić information content (AvgIpc) is 2.69. The predicted molar refractivity (Wildman–Crippen MR) is 109 cm³/mol. The lowest BCUT2D eigenvalue weighted by Crippen LogP contribution is -2.50. The molecule has 1 atom stereocenters. The maximum atomic E-state index is 12.2. The van der Waals surface area contributed by atoms with Crippen molar-refractivity contribution in [3.8, 4) is 0 Å². The fourth-order valence-electron chi connectivity index (χ4n) is 3.39. The Kier molecular flexibility index (Phi) is 6.75. The second-order valence-electron chi connectivity index (χ2n) is 7.36. The third-order valence-electron chi connectivity index (χ3n) is 4.78. The number of halogens is 1. The lowest BCUT2D eigenvalue weighted by atomic mass is 9.96. The molecule has 1 fully saturated rings. The molecule has 144 valence electrons. The van der Waals surface area contributed by atoms with Gasteiger partial charge in [-0.3, -0.25) is 4.90 Å². The van der Waals surface area contributed by atoms with Gasteiger partial charge in [0.1, 0.15) is 0 Å². The van der Waals surface area contributed by atoms with Crippen molar-refractivity contribution >= 4 is 17.7 Å². The second kappa shape index (κ2) is 9.25. The molecule has 2 aromatic rings. The predicted octanol–water partition coefficient (Wildman–Crippen LogP) is 4.84. The maximum Gasteiger partial charge on any atom is 0.409 e. The van der Waals surface area contributed by atoms with Crippen LogP contribution in [0.1, 0.15) is 31.0 Å². The molecule has 3 rings (SSSR count). The number of amides is 1. The Balaban J connectivity index is 1.71. The average molecular weight is 387 g/mol. The van der Waals surface area contributed by atoms with Crippen LogP contribution in [-0.2, 0) is 4.74 Å². The van der Waals surface area contributed by atoms with E-state index in [-0.39, 0.29) is 12.1 Å². The van der Waals surface area contributed by atoms with E-state index in [4.69, 9.17) is 16.3 Å². The van der Waals surface area contributed by atoms with E-state index in [9.17, 15) is 4.79 Å². The highest BCUT2D eigenvalue weighted by Crippen LogP contribution is 2.30.